The predicted octanol–water partition coefficient (Wildman–Crippen LogP) is 1.25. The predicted molar refractivity (Wildman–Crippen MR) is 82.9 cm³/mol. The van der Waals surface area contributed by atoms with Gasteiger partial charge in [0.05, 0.1) is 17.6 Å². The van der Waals surface area contributed by atoms with Gasteiger partial charge in [-0.05, 0) is 51.1 Å². The number of morpholine rings is 1. The molecule has 1 saturated heterocycles. The molecule has 0 aromatic heterocycles. The van der Waals surface area contributed by atoms with Gasteiger partial charge in [-0.2, -0.15) is 4.31 Å². The lowest BCUT2D eigenvalue weighted by Crippen LogP contribution is -2.44. The fourth-order valence-corrected chi connectivity index (χ4v) is 3.95. The van der Waals surface area contributed by atoms with E-state index in [2.05, 4.69) is 5.32 Å². The van der Waals surface area contributed by atoms with Crippen molar-refractivity contribution >= 4 is 10.0 Å². The number of aryl methyl sites for hydroxylation is 1. The monoisotopic (exact) mass is 312 g/mol. The summed E-state index contributed by atoms with van der Waals surface area (Å²) >= 11 is 0. The highest BCUT2D eigenvalue weighted by Crippen LogP contribution is 2.19. The fraction of sp³-hybridized carbons (Fsp3) is 0.600. The van der Waals surface area contributed by atoms with E-state index in [-0.39, 0.29) is 6.10 Å². The van der Waals surface area contributed by atoms with Crippen molar-refractivity contribution in [3.8, 4) is 0 Å². The first-order chi connectivity index (χ1) is 10.0. The molecule has 1 atom stereocenters. The zero-order chi connectivity index (χ0) is 15.3. The molecule has 0 aliphatic carbocycles. The maximum absolute atomic E-state index is 12.6. The summed E-state index contributed by atoms with van der Waals surface area (Å²) in [7, 11) is -1.47. The lowest BCUT2D eigenvalue weighted by Gasteiger charge is -2.30. The number of nitrogens with zero attached hydrogens (tertiary/aromatic N) is 1. The minimum atomic E-state index is -3.40. The summed E-state index contributed by atoms with van der Waals surface area (Å²) in [5, 5.41) is 3.11. The topological polar surface area (TPSA) is 58.6 Å². The Kier molecular flexibility index (Phi) is 5.75. The molecule has 0 saturated carbocycles. The Bertz CT molecular complexity index is 543. The Morgan fingerprint density at radius 1 is 1.33 bits per heavy atom. The Balaban J connectivity index is 2.06. The molecule has 1 unspecified atom stereocenters. The van der Waals surface area contributed by atoms with E-state index < -0.39 is 10.0 Å². The van der Waals surface area contributed by atoms with Gasteiger partial charge >= 0.3 is 0 Å². The molecule has 0 spiro atoms. The molecule has 0 radical (unpaired) electrons. The van der Waals surface area contributed by atoms with Gasteiger partial charge in [-0.15, -0.1) is 0 Å². The quantitative estimate of drug-likeness (QED) is 0.803. The second-order valence-electron chi connectivity index (χ2n) is 5.40. The van der Waals surface area contributed by atoms with E-state index in [1.807, 2.05) is 26.1 Å². The van der Waals surface area contributed by atoms with Crippen LogP contribution >= 0.6 is 0 Å². The summed E-state index contributed by atoms with van der Waals surface area (Å²) in [5.74, 6) is 0. The van der Waals surface area contributed by atoms with Crippen LogP contribution in [0.5, 0.6) is 0 Å². The van der Waals surface area contributed by atoms with Crippen LogP contribution in [0.15, 0.2) is 29.2 Å². The van der Waals surface area contributed by atoms with Crippen molar-refractivity contribution < 1.29 is 13.2 Å². The van der Waals surface area contributed by atoms with Crippen LogP contribution < -0.4 is 5.32 Å². The van der Waals surface area contributed by atoms with Gasteiger partial charge in [-0.1, -0.05) is 12.1 Å². The number of rotatable bonds is 6. The zero-order valence-corrected chi connectivity index (χ0v) is 13.5. The highest BCUT2D eigenvalue weighted by Gasteiger charge is 2.28. The summed E-state index contributed by atoms with van der Waals surface area (Å²) in [6.07, 6.45) is 1.95. The van der Waals surface area contributed by atoms with Crippen LogP contribution in [0, 0.1) is 0 Å². The molecule has 1 heterocycles. The summed E-state index contributed by atoms with van der Waals surface area (Å²) in [4.78, 5) is 0.369. The number of ether oxygens (including phenoxy) is 1. The van der Waals surface area contributed by atoms with E-state index >= 15 is 0 Å². The van der Waals surface area contributed by atoms with Crippen LogP contribution in [0.25, 0.3) is 0 Å². The molecule has 1 N–H and O–H groups in total. The summed E-state index contributed by atoms with van der Waals surface area (Å²) in [5.41, 5.74) is 1.17. The second kappa shape index (κ2) is 7.35. The molecule has 6 heteroatoms. The van der Waals surface area contributed by atoms with E-state index in [0.29, 0.717) is 24.6 Å². The van der Waals surface area contributed by atoms with Crippen molar-refractivity contribution in [2.45, 2.75) is 30.8 Å². The molecule has 5 nitrogen and oxygen atoms in total. The van der Waals surface area contributed by atoms with Gasteiger partial charge in [0.15, 0.2) is 0 Å². The summed E-state index contributed by atoms with van der Waals surface area (Å²) in [6.45, 7) is 4.17. The van der Waals surface area contributed by atoms with Crippen molar-refractivity contribution in [3.63, 3.8) is 0 Å². The Labute approximate surface area is 127 Å². The largest absolute Gasteiger partial charge is 0.376 e. The highest BCUT2D eigenvalue weighted by molar-refractivity contribution is 7.89. The Morgan fingerprint density at radius 3 is 2.67 bits per heavy atom. The van der Waals surface area contributed by atoms with Crippen molar-refractivity contribution in [2.24, 2.45) is 0 Å². The normalized spacial score (nSPS) is 20.6. The third kappa shape index (κ3) is 4.26. The average Bonchev–Trinajstić information content (AvgIpc) is 2.48. The molecule has 1 aliphatic heterocycles. The van der Waals surface area contributed by atoms with Crippen LogP contribution in [0.3, 0.4) is 0 Å². The van der Waals surface area contributed by atoms with Gasteiger partial charge in [-0.25, -0.2) is 8.42 Å². The van der Waals surface area contributed by atoms with Crippen LogP contribution in [-0.4, -0.2) is 52.1 Å². The van der Waals surface area contributed by atoms with Crippen molar-refractivity contribution in [2.75, 3.05) is 33.3 Å². The van der Waals surface area contributed by atoms with Crippen LogP contribution in [0.1, 0.15) is 18.9 Å². The minimum absolute atomic E-state index is 0.0469. The number of sulfonamides is 1. The molecular weight excluding hydrogens is 288 g/mol. The number of hydrogen-bond acceptors (Lipinski definition) is 4. The first-order valence-electron chi connectivity index (χ1n) is 7.39. The first kappa shape index (κ1) is 16.4. The van der Waals surface area contributed by atoms with Crippen LogP contribution in [-0.2, 0) is 21.2 Å². The molecule has 1 aromatic carbocycles. The average molecular weight is 312 g/mol. The van der Waals surface area contributed by atoms with Gasteiger partial charge in [0.1, 0.15) is 0 Å². The standard InChI is InChI=1S/C15H24N2O3S/c1-13-12-17(10-11-20-13)21(18,19)15-7-5-14(6-8-15)4-3-9-16-2/h5-8,13,16H,3-4,9-12H2,1-2H3. The van der Waals surface area contributed by atoms with E-state index in [1.54, 1.807) is 12.1 Å². The van der Waals surface area contributed by atoms with Gasteiger partial charge in [-0.3, -0.25) is 0 Å². The Morgan fingerprint density at radius 2 is 2.05 bits per heavy atom. The lowest BCUT2D eigenvalue weighted by atomic mass is 10.1. The van der Waals surface area contributed by atoms with Crippen molar-refractivity contribution in [1.82, 2.24) is 9.62 Å². The van der Waals surface area contributed by atoms with E-state index in [1.165, 1.54) is 9.87 Å². The summed E-state index contributed by atoms with van der Waals surface area (Å²) < 4.78 is 32.0. The zero-order valence-electron chi connectivity index (χ0n) is 12.7. The molecule has 0 bridgehead atoms. The number of benzene rings is 1. The van der Waals surface area contributed by atoms with Crippen LogP contribution in [0.4, 0.5) is 0 Å². The Hall–Kier alpha value is -0.950. The molecule has 1 fully saturated rings. The number of nitrogens with one attached hydrogen (secondary N) is 1. The molecular formula is C15H24N2O3S. The number of hydrogen-bond donors (Lipinski definition) is 1. The lowest BCUT2D eigenvalue weighted by molar-refractivity contribution is 0.0102. The van der Waals surface area contributed by atoms with Gasteiger partial charge in [0, 0.05) is 13.1 Å². The molecule has 118 valence electrons. The van der Waals surface area contributed by atoms with Gasteiger partial charge in [0.25, 0.3) is 0 Å². The molecule has 1 aliphatic rings. The van der Waals surface area contributed by atoms with E-state index in [0.717, 1.165) is 19.4 Å². The molecule has 21 heavy (non-hydrogen) atoms. The minimum Gasteiger partial charge on any atom is -0.376 e. The molecule has 2 rings (SSSR count). The first-order valence-corrected chi connectivity index (χ1v) is 8.83. The van der Waals surface area contributed by atoms with Crippen molar-refractivity contribution in [3.05, 3.63) is 29.8 Å². The maximum atomic E-state index is 12.6. The van der Waals surface area contributed by atoms with Gasteiger partial charge < -0.3 is 10.1 Å². The summed E-state index contributed by atoms with van der Waals surface area (Å²) in [6, 6.07) is 7.24. The van der Waals surface area contributed by atoms with Crippen LogP contribution in [0.2, 0.25) is 0 Å². The van der Waals surface area contributed by atoms with Crippen molar-refractivity contribution in [1.29, 1.82) is 0 Å². The second-order valence-corrected chi connectivity index (χ2v) is 7.33. The third-order valence-electron chi connectivity index (χ3n) is 3.66. The smallest absolute Gasteiger partial charge is 0.243 e. The maximum Gasteiger partial charge on any atom is 0.243 e. The third-order valence-corrected chi connectivity index (χ3v) is 5.54. The van der Waals surface area contributed by atoms with Gasteiger partial charge in [0.2, 0.25) is 10.0 Å². The van der Waals surface area contributed by atoms with E-state index in [4.69, 9.17) is 4.74 Å². The molecule has 0 amide bonds. The van der Waals surface area contributed by atoms with E-state index in [9.17, 15) is 8.42 Å². The molecule has 1 aromatic rings. The fourth-order valence-electron chi connectivity index (χ4n) is 2.45. The SMILES string of the molecule is CNCCCc1ccc(S(=O)(=O)N2CCOC(C)C2)cc1. The highest BCUT2D eigenvalue weighted by atomic mass is 32.2.